The Morgan fingerprint density at radius 1 is 0.548 bits per heavy atom. The number of carbonyl (C=O) groups excluding carboxylic acids is 1. The van der Waals surface area contributed by atoms with Crippen LogP contribution in [-0.4, -0.2) is 111 Å². The first-order valence-electron chi connectivity index (χ1n) is 10.9. The van der Waals surface area contributed by atoms with Gasteiger partial charge in [-0.2, -0.15) is 0 Å². The van der Waals surface area contributed by atoms with Crippen LogP contribution in [0.2, 0.25) is 0 Å². The first-order chi connectivity index (χ1) is 15.0. The first-order valence-corrected chi connectivity index (χ1v) is 10.9. The molecule has 0 saturated heterocycles. The monoisotopic (exact) mass is 453 g/mol. The molecule has 0 rings (SSSR count). The van der Waals surface area contributed by atoms with Crippen molar-refractivity contribution in [3.05, 3.63) is 0 Å². The molecular formula is C21H43NO9. The molecule has 0 aliphatic carbocycles. The molecule has 0 aliphatic heterocycles. The van der Waals surface area contributed by atoms with Crippen LogP contribution in [-0.2, 0) is 42.7 Å². The van der Waals surface area contributed by atoms with Crippen molar-refractivity contribution in [2.45, 2.75) is 32.8 Å². The lowest BCUT2D eigenvalue weighted by Crippen LogP contribution is -2.24. The Labute approximate surface area is 186 Å². The Bertz CT molecular complexity index is 392. The summed E-state index contributed by atoms with van der Waals surface area (Å²) in [7, 11) is 0. The first kappa shape index (κ1) is 30.1. The van der Waals surface area contributed by atoms with Crippen molar-refractivity contribution in [2.75, 3.05) is 99.0 Å². The highest BCUT2D eigenvalue weighted by Gasteiger charge is 2.15. The number of rotatable bonds is 23. The second kappa shape index (κ2) is 22.3. The van der Waals surface area contributed by atoms with E-state index in [1.807, 2.05) is 20.8 Å². The van der Waals surface area contributed by atoms with E-state index in [-0.39, 0.29) is 12.4 Å². The lowest BCUT2D eigenvalue weighted by atomic mass is 10.2. The van der Waals surface area contributed by atoms with Crippen molar-refractivity contribution in [2.24, 2.45) is 5.73 Å². The second-order valence-electron chi connectivity index (χ2n) is 7.41. The fourth-order valence-corrected chi connectivity index (χ4v) is 2.05. The van der Waals surface area contributed by atoms with Gasteiger partial charge in [-0.25, -0.2) is 0 Å². The van der Waals surface area contributed by atoms with Gasteiger partial charge in [-0.15, -0.1) is 0 Å². The third-order valence-electron chi connectivity index (χ3n) is 3.36. The maximum Gasteiger partial charge on any atom is 0.308 e. The van der Waals surface area contributed by atoms with E-state index in [4.69, 9.17) is 43.6 Å². The Balaban J connectivity index is 3.10. The summed E-state index contributed by atoms with van der Waals surface area (Å²) in [6.45, 7) is 13.0. The summed E-state index contributed by atoms with van der Waals surface area (Å²) >= 11 is 0. The summed E-state index contributed by atoms with van der Waals surface area (Å²) in [4.78, 5) is 11.5. The number of hydrogen-bond acceptors (Lipinski definition) is 10. The van der Waals surface area contributed by atoms with Gasteiger partial charge in [-0.05, 0) is 20.8 Å². The lowest BCUT2D eigenvalue weighted by Gasteiger charge is -2.19. The molecule has 0 amide bonds. The Morgan fingerprint density at radius 2 is 0.839 bits per heavy atom. The van der Waals surface area contributed by atoms with Gasteiger partial charge in [-0.1, -0.05) is 0 Å². The minimum absolute atomic E-state index is 0.240. The summed E-state index contributed by atoms with van der Waals surface area (Å²) in [6.07, 6.45) is 0.240. The lowest BCUT2D eigenvalue weighted by molar-refractivity contribution is -0.156. The van der Waals surface area contributed by atoms with Crippen molar-refractivity contribution in [1.29, 1.82) is 0 Å². The van der Waals surface area contributed by atoms with Gasteiger partial charge in [0.15, 0.2) is 0 Å². The van der Waals surface area contributed by atoms with Gasteiger partial charge in [0.25, 0.3) is 0 Å². The molecule has 0 atom stereocenters. The maximum atomic E-state index is 11.5. The van der Waals surface area contributed by atoms with Crippen molar-refractivity contribution >= 4 is 5.97 Å². The van der Waals surface area contributed by atoms with Gasteiger partial charge in [0.05, 0.1) is 98.9 Å². The SMILES string of the molecule is CC(C)(C)OC(=O)CCOCCOCCOCCOCCOCCOCCOCCN. The van der Waals surface area contributed by atoms with E-state index >= 15 is 0 Å². The Kier molecular flexibility index (Phi) is 21.7. The zero-order valence-electron chi connectivity index (χ0n) is 19.6. The smallest absolute Gasteiger partial charge is 0.308 e. The molecular weight excluding hydrogens is 410 g/mol. The fraction of sp³-hybridized carbons (Fsp3) is 0.952. The topological polar surface area (TPSA) is 117 Å². The van der Waals surface area contributed by atoms with Crippen LogP contribution >= 0.6 is 0 Å². The minimum atomic E-state index is -0.463. The van der Waals surface area contributed by atoms with Crippen LogP contribution < -0.4 is 5.73 Å². The zero-order valence-corrected chi connectivity index (χ0v) is 19.6. The third kappa shape index (κ3) is 27.1. The van der Waals surface area contributed by atoms with E-state index in [2.05, 4.69) is 0 Å². The molecule has 0 unspecified atom stereocenters. The van der Waals surface area contributed by atoms with E-state index in [9.17, 15) is 4.79 Å². The summed E-state index contributed by atoms with van der Waals surface area (Å²) in [5.41, 5.74) is 4.84. The summed E-state index contributed by atoms with van der Waals surface area (Å²) in [5, 5.41) is 0. The molecule has 31 heavy (non-hydrogen) atoms. The molecule has 0 aromatic rings. The van der Waals surface area contributed by atoms with Gasteiger partial charge in [0.1, 0.15) is 5.60 Å². The molecule has 10 heteroatoms. The highest BCUT2D eigenvalue weighted by molar-refractivity contribution is 5.69. The average Bonchev–Trinajstić information content (AvgIpc) is 2.70. The van der Waals surface area contributed by atoms with Gasteiger partial charge >= 0.3 is 5.97 Å². The summed E-state index contributed by atoms with van der Waals surface area (Å²) < 4.78 is 42.6. The molecule has 0 saturated carbocycles. The van der Waals surface area contributed by atoms with Crippen LogP contribution in [0.15, 0.2) is 0 Å². The molecule has 0 aromatic carbocycles. The predicted molar refractivity (Wildman–Crippen MR) is 115 cm³/mol. The van der Waals surface area contributed by atoms with E-state index < -0.39 is 5.60 Å². The maximum absolute atomic E-state index is 11.5. The average molecular weight is 454 g/mol. The van der Waals surface area contributed by atoms with Crippen molar-refractivity contribution in [3.8, 4) is 0 Å². The quantitative estimate of drug-likeness (QED) is 0.176. The van der Waals surface area contributed by atoms with Crippen molar-refractivity contribution in [1.82, 2.24) is 0 Å². The minimum Gasteiger partial charge on any atom is -0.460 e. The number of esters is 1. The second-order valence-corrected chi connectivity index (χ2v) is 7.41. The molecule has 0 aromatic heterocycles. The van der Waals surface area contributed by atoms with Crippen LogP contribution in [0, 0.1) is 0 Å². The standard InChI is InChI=1S/C21H43NO9/c1-21(2,3)31-20(23)4-6-24-8-10-26-12-14-28-16-18-30-19-17-29-15-13-27-11-9-25-7-5-22/h4-19,22H2,1-3H3. The number of ether oxygens (including phenoxy) is 8. The van der Waals surface area contributed by atoms with Crippen LogP contribution in [0.3, 0.4) is 0 Å². The molecule has 0 aliphatic rings. The van der Waals surface area contributed by atoms with Gasteiger partial charge < -0.3 is 43.6 Å². The molecule has 0 heterocycles. The van der Waals surface area contributed by atoms with Crippen molar-refractivity contribution < 1.29 is 42.7 Å². The van der Waals surface area contributed by atoms with Crippen LogP contribution in [0.1, 0.15) is 27.2 Å². The molecule has 0 bridgehead atoms. The predicted octanol–water partition coefficient (Wildman–Crippen LogP) is 0.793. The molecule has 0 fully saturated rings. The molecule has 2 N–H and O–H groups in total. The number of hydrogen-bond donors (Lipinski definition) is 1. The molecule has 10 nitrogen and oxygen atoms in total. The molecule has 0 radical (unpaired) electrons. The normalized spacial score (nSPS) is 11.7. The number of carbonyl (C=O) groups is 1. The zero-order chi connectivity index (χ0) is 23.0. The Hall–Kier alpha value is -0.850. The van der Waals surface area contributed by atoms with Crippen molar-refractivity contribution in [3.63, 3.8) is 0 Å². The van der Waals surface area contributed by atoms with E-state index in [0.717, 1.165) is 0 Å². The van der Waals surface area contributed by atoms with E-state index in [0.29, 0.717) is 99.0 Å². The van der Waals surface area contributed by atoms with Crippen LogP contribution in [0.4, 0.5) is 0 Å². The highest BCUT2D eigenvalue weighted by Crippen LogP contribution is 2.07. The van der Waals surface area contributed by atoms with Gasteiger partial charge in [0, 0.05) is 6.54 Å². The Morgan fingerprint density at radius 3 is 1.13 bits per heavy atom. The van der Waals surface area contributed by atoms with E-state index in [1.165, 1.54) is 0 Å². The van der Waals surface area contributed by atoms with Gasteiger partial charge in [0.2, 0.25) is 0 Å². The fourth-order valence-electron chi connectivity index (χ4n) is 2.05. The largest absolute Gasteiger partial charge is 0.460 e. The van der Waals surface area contributed by atoms with Crippen LogP contribution in [0.25, 0.3) is 0 Å². The molecule has 0 spiro atoms. The summed E-state index contributed by atoms with van der Waals surface area (Å²) in [5.74, 6) is -0.259. The highest BCUT2D eigenvalue weighted by atomic mass is 16.6. The van der Waals surface area contributed by atoms with Gasteiger partial charge in [-0.3, -0.25) is 4.79 Å². The summed E-state index contributed by atoms with van der Waals surface area (Å²) in [6, 6.07) is 0. The third-order valence-corrected chi connectivity index (χ3v) is 3.36. The van der Waals surface area contributed by atoms with E-state index in [1.54, 1.807) is 0 Å². The number of nitrogens with two attached hydrogens (primary N) is 1. The van der Waals surface area contributed by atoms with Crippen LogP contribution in [0.5, 0.6) is 0 Å². The molecule has 186 valence electrons.